The molecule has 2 nitrogen and oxygen atoms in total. The normalized spacial score (nSPS) is 9.70. The molecule has 0 bridgehead atoms. The fourth-order valence-electron chi connectivity index (χ4n) is 0.829. The van der Waals surface area contributed by atoms with Crippen molar-refractivity contribution in [2.45, 2.75) is 6.42 Å². The molecule has 1 aromatic carbocycles. The van der Waals surface area contributed by atoms with Gasteiger partial charge in [0.1, 0.15) is 5.75 Å². The molecular weight excluding hydrogens is 135 g/mol. The lowest BCUT2D eigenvalue weighted by atomic mass is 11.1. The van der Waals surface area contributed by atoms with Gasteiger partial charge in [0.2, 0.25) is 0 Å². The predicted octanol–water partition coefficient (Wildman–Crippen LogP) is 0.893. The first kappa shape index (κ1) is 7.09. The summed E-state index contributed by atoms with van der Waals surface area (Å²) in [5.41, 5.74) is 6.50. The van der Waals surface area contributed by atoms with Crippen molar-refractivity contribution in [2.24, 2.45) is 5.73 Å². The summed E-state index contributed by atoms with van der Waals surface area (Å²) in [6.07, 6.45) is 0.875. The van der Waals surface area contributed by atoms with Crippen LogP contribution in [0.4, 0.5) is 0 Å². The molecule has 0 atom stereocenters. The second-order valence-electron chi connectivity index (χ2n) is 2.21. The van der Waals surface area contributed by atoms with Crippen LogP contribution in [0.15, 0.2) is 24.3 Å². The molecule has 10 heavy (non-hydrogen) atoms. The number of hydrogen-bond acceptors (Lipinski definition) is 2. The molecule has 0 unspecified atom stereocenters. The summed E-state index contributed by atoms with van der Waals surface area (Å²) < 4.78 is 0. The van der Waals surface area contributed by atoms with Crippen LogP contribution < -0.4 is 5.73 Å². The number of aromatic hydroxyl groups is 1. The van der Waals surface area contributed by atoms with Crippen LogP contribution in [0, 0.1) is 0 Å². The Balaban J connectivity index is 2.69. The molecular formula is C8H11NO. The van der Waals surface area contributed by atoms with E-state index >= 15 is 0 Å². The first-order valence-electron chi connectivity index (χ1n) is 3.31. The molecule has 0 spiro atoms. The average molecular weight is 146 g/mol. The van der Waals surface area contributed by atoms with E-state index in [9.17, 15) is 0 Å². The average Bonchev–Trinajstić information content (AvgIpc) is 1.95. The lowest BCUT2D eigenvalue weighted by Crippen LogP contribution is -2.01. The fourth-order valence-corrected chi connectivity index (χ4v) is 0.829. The van der Waals surface area contributed by atoms with Gasteiger partial charge in [0.25, 0.3) is 0 Å². The lowest BCUT2D eigenvalue weighted by molar-refractivity contribution is 0.475. The minimum absolute atomic E-state index is 0.306. The third kappa shape index (κ3) is 1.74. The van der Waals surface area contributed by atoms with Gasteiger partial charge < -0.3 is 10.8 Å². The zero-order valence-electron chi connectivity index (χ0n) is 5.75. The van der Waals surface area contributed by atoms with Crippen LogP contribution in [0.3, 0.4) is 0 Å². The summed E-state index contributed by atoms with van der Waals surface area (Å²) in [6.45, 7) is 0.658. The van der Waals surface area contributed by atoms with E-state index in [4.69, 9.17) is 10.8 Å². The Bertz CT molecular complexity index is 193. The molecule has 0 aromatic heterocycles. The molecule has 3 N–H and O–H groups in total. The summed E-state index contributed by atoms with van der Waals surface area (Å²) in [4.78, 5) is 0. The molecule has 1 rings (SSSR count). The Morgan fingerprint density at radius 3 is 2.30 bits per heavy atom. The standard InChI is InChI=1S/C8H11NO/c9-6-5-7-1-3-8(10)4-2-7/h1-4,10H,5-6,9H2/i1+1,2+1,3+1,4+1,5+1,6+1,7+1,8+1,9+1. The summed E-state index contributed by atoms with van der Waals surface area (Å²) in [5.74, 6) is 0.306. The Morgan fingerprint density at radius 1 is 1.20 bits per heavy atom. The van der Waals surface area contributed by atoms with Gasteiger partial charge in [-0.05, 0) is 30.7 Å². The summed E-state index contributed by atoms with van der Waals surface area (Å²) in [5, 5.41) is 8.89. The highest BCUT2D eigenvalue weighted by molar-refractivity contribution is 5.25. The highest BCUT2D eigenvalue weighted by Gasteiger charge is 1.89. The van der Waals surface area contributed by atoms with Gasteiger partial charge in [0, 0.05) is 0 Å². The maximum atomic E-state index is 8.89. The van der Waals surface area contributed by atoms with E-state index in [-0.39, 0.29) is 0 Å². The van der Waals surface area contributed by atoms with Crippen LogP contribution in [0.25, 0.3) is 0 Å². The van der Waals surface area contributed by atoms with Gasteiger partial charge in [-0.25, -0.2) is 0 Å². The monoisotopic (exact) mass is 146 g/mol. The van der Waals surface area contributed by atoms with Crippen LogP contribution in [-0.4, -0.2) is 11.7 Å². The van der Waals surface area contributed by atoms with Crippen molar-refractivity contribution in [3.05, 3.63) is 29.8 Å². The van der Waals surface area contributed by atoms with E-state index < -0.39 is 0 Å². The number of rotatable bonds is 2. The quantitative estimate of drug-likeness (QED) is 0.480. The van der Waals surface area contributed by atoms with Crippen molar-refractivity contribution in [1.82, 2.24) is 0 Å². The van der Waals surface area contributed by atoms with E-state index in [1.807, 2.05) is 12.1 Å². The molecule has 0 fully saturated rings. The van der Waals surface area contributed by atoms with Crippen LogP contribution in [-0.2, 0) is 6.42 Å². The number of nitrogens with two attached hydrogens (primary N) is 1. The third-order valence-electron chi connectivity index (χ3n) is 1.37. The van der Waals surface area contributed by atoms with Crippen molar-refractivity contribution in [3.63, 3.8) is 0 Å². The van der Waals surface area contributed by atoms with E-state index in [0.717, 1.165) is 6.42 Å². The minimum Gasteiger partial charge on any atom is -0.508 e. The highest BCUT2D eigenvalue weighted by Crippen LogP contribution is 2.09. The van der Waals surface area contributed by atoms with Gasteiger partial charge in [0.15, 0.2) is 0 Å². The number of hydrogen-bond donors (Lipinski definition) is 2. The van der Waals surface area contributed by atoms with Crippen LogP contribution in [0.1, 0.15) is 5.56 Å². The van der Waals surface area contributed by atoms with Crippen molar-refractivity contribution in [3.8, 4) is 5.75 Å². The fraction of sp³-hybridized carbons (Fsp3) is 0.250. The molecule has 0 aliphatic heterocycles. The largest absolute Gasteiger partial charge is 0.508 e. The molecule has 0 heterocycles. The lowest BCUT2D eigenvalue weighted by Gasteiger charge is -1.96. The Hall–Kier alpha value is -1.02. The first-order valence-corrected chi connectivity index (χ1v) is 3.31. The van der Waals surface area contributed by atoms with Crippen LogP contribution in [0.2, 0.25) is 0 Å². The molecule has 2 heteroatoms. The summed E-state index contributed by atoms with van der Waals surface area (Å²) in [6, 6.07) is 7.10. The molecule has 0 radical (unpaired) electrons. The van der Waals surface area contributed by atoms with Crippen LogP contribution in [0.5, 0.6) is 5.75 Å². The topological polar surface area (TPSA) is 46.2 Å². The maximum absolute atomic E-state index is 8.89. The Labute approximate surface area is 60.3 Å². The molecule has 0 saturated carbocycles. The van der Waals surface area contributed by atoms with Gasteiger partial charge >= 0.3 is 0 Å². The van der Waals surface area contributed by atoms with Crippen molar-refractivity contribution in [1.29, 1.82) is 0 Å². The van der Waals surface area contributed by atoms with Gasteiger partial charge in [-0.2, -0.15) is 0 Å². The first-order chi connectivity index (χ1) is 4.83. The van der Waals surface area contributed by atoms with Crippen molar-refractivity contribution >= 4 is 0 Å². The second-order valence-corrected chi connectivity index (χ2v) is 2.21. The van der Waals surface area contributed by atoms with E-state index in [1.54, 1.807) is 12.1 Å². The smallest absolute Gasteiger partial charge is 0.115 e. The van der Waals surface area contributed by atoms with E-state index in [1.165, 1.54) is 5.56 Å². The minimum atomic E-state index is 0.306. The zero-order chi connectivity index (χ0) is 7.40. The van der Waals surface area contributed by atoms with E-state index in [0.29, 0.717) is 12.3 Å². The van der Waals surface area contributed by atoms with Crippen molar-refractivity contribution in [2.75, 3.05) is 6.54 Å². The molecule has 0 aliphatic carbocycles. The molecule has 0 saturated heterocycles. The van der Waals surface area contributed by atoms with Gasteiger partial charge in [-0.3, -0.25) is 0 Å². The molecule has 0 amide bonds. The predicted molar refractivity (Wildman–Crippen MR) is 40.9 cm³/mol. The maximum Gasteiger partial charge on any atom is 0.115 e. The number of phenols is 1. The van der Waals surface area contributed by atoms with Crippen molar-refractivity contribution < 1.29 is 5.11 Å². The molecule has 0 aliphatic rings. The van der Waals surface area contributed by atoms with Crippen LogP contribution >= 0.6 is 0 Å². The molecule has 1 aromatic rings. The SMILES string of the molecule is [15NH2][13CH2][13CH2][13c]1[13cH][13cH][13c](O)[13cH][13cH]1. The Morgan fingerprint density at radius 2 is 1.80 bits per heavy atom. The van der Waals surface area contributed by atoms with Gasteiger partial charge in [-0.15, -0.1) is 0 Å². The number of benzene rings is 1. The van der Waals surface area contributed by atoms with Gasteiger partial charge in [0.05, 0.1) is 0 Å². The summed E-state index contributed by atoms with van der Waals surface area (Å²) in [7, 11) is 0. The molecule has 54 valence electrons. The van der Waals surface area contributed by atoms with Gasteiger partial charge in [-0.1, -0.05) is 12.1 Å². The third-order valence-corrected chi connectivity index (χ3v) is 1.37. The zero-order valence-corrected chi connectivity index (χ0v) is 5.75. The van der Waals surface area contributed by atoms with E-state index in [2.05, 4.69) is 0 Å². The summed E-state index contributed by atoms with van der Waals surface area (Å²) >= 11 is 0. The Kier molecular flexibility index (Phi) is 2.29. The number of phenolic OH excluding ortho intramolecular Hbond substituents is 1. The highest BCUT2D eigenvalue weighted by atomic mass is 16.3. The second kappa shape index (κ2) is 3.22.